The van der Waals surface area contributed by atoms with Crippen LogP contribution in [0.2, 0.25) is 0 Å². The highest BCUT2D eigenvalue weighted by atomic mass is 32.2. The average molecular weight is 452 g/mol. The SMILES string of the molecule is C[C@@H](SCc1ccccc1)C(=O)N/N=C\c1ccc(OCC(=O)NCc2ccco2)cc1. The maximum absolute atomic E-state index is 12.2. The normalized spacial score (nSPS) is 11.8. The van der Waals surface area contributed by atoms with Gasteiger partial charge in [0.1, 0.15) is 11.5 Å². The Morgan fingerprint density at radius 1 is 1.09 bits per heavy atom. The number of hydrogen-bond donors (Lipinski definition) is 2. The Morgan fingerprint density at radius 3 is 2.59 bits per heavy atom. The lowest BCUT2D eigenvalue weighted by molar-refractivity contribution is -0.123. The number of furan rings is 1. The number of ether oxygens (including phenoxy) is 1. The molecule has 0 unspecified atom stereocenters. The molecule has 7 nitrogen and oxygen atoms in total. The van der Waals surface area contributed by atoms with Crippen LogP contribution in [-0.4, -0.2) is 29.9 Å². The van der Waals surface area contributed by atoms with Crippen molar-refractivity contribution in [1.82, 2.24) is 10.7 Å². The molecule has 1 aromatic heterocycles. The first-order chi connectivity index (χ1) is 15.6. The fraction of sp³-hybridized carbons (Fsp3) is 0.208. The van der Waals surface area contributed by atoms with E-state index >= 15 is 0 Å². The van der Waals surface area contributed by atoms with Gasteiger partial charge in [-0.05, 0) is 54.4 Å². The highest BCUT2D eigenvalue weighted by Crippen LogP contribution is 2.17. The summed E-state index contributed by atoms with van der Waals surface area (Å²) in [6, 6.07) is 20.6. The zero-order valence-electron chi connectivity index (χ0n) is 17.7. The minimum Gasteiger partial charge on any atom is -0.484 e. The number of hydrazone groups is 1. The number of thioether (sulfide) groups is 1. The van der Waals surface area contributed by atoms with Gasteiger partial charge in [0.2, 0.25) is 0 Å². The summed E-state index contributed by atoms with van der Waals surface area (Å²) >= 11 is 1.56. The first-order valence-corrected chi connectivity index (χ1v) is 11.2. The summed E-state index contributed by atoms with van der Waals surface area (Å²) < 4.78 is 10.6. The summed E-state index contributed by atoms with van der Waals surface area (Å²) in [6.45, 7) is 2.08. The predicted molar refractivity (Wildman–Crippen MR) is 125 cm³/mol. The molecule has 2 amide bonds. The minimum absolute atomic E-state index is 0.0945. The smallest absolute Gasteiger partial charge is 0.258 e. The number of rotatable bonds is 11. The van der Waals surface area contributed by atoms with Crippen molar-refractivity contribution in [2.45, 2.75) is 24.5 Å². The van der Waals surface area contributed by atoms with Crippen molar-refractivity contribution >= 4 is 29.8 Å². The lowest BCUT2D eigenvalue weighted by atomic mass is 10.2. The summed E-state index contributed by atoms with van der Waals surface area (Å²) in [6.07, 6.45) is 3.12. The molecule has 32 heavy (non-hydrogen) atoms. The fourth-order valence-corrected chi connectivity index (χ4v) is 3.42. The molecule has 0 aliphatic rings. The van der Waals surface area contributed by atoms with Crippen molar-refractivity contribution in [3.05, 3.63) is 89.9 Å². The van der Waals surface area contributed by atoms with E-state index in [9.17, 15) is 9.59 Å². The topological polar surface area (TPSA) is 92.9 Å². The Balaban J connectivity index is 1.35. The number of carbonyl (C=O) groups excluding carboxylic acids is 2. The molecule has 0 spiro atoms. The summed E-state index contributed by atoms with van der Waals surface area (Å²) in [5.74, 6) is 1.61. The number of nitrogens with one attached hydrogen (secondary N) is 2. The molecule has 0 saturated heterocycles. The van der Waals surface area contributed by atoms with Gasteiger partial charge in [0.05, 0.1) is 24.3 Å². The van der Waals surface area contributed by atoms with Crippen LogP contribution < -0.4 is 15.5 Å². The molecule has 8 heteroatoms. The van der Waals surface area contributed by atoms with Gasteiger partial charge in [0, 0.05) is 5.75 Å². The summed E-state index contributed by atoms with van der Waals surface area (Å²) in [5.41, 5.74) is 4.54. The van der Waals surface area contributed by atoms with Gasteiger partial charge in [-0.25, -0.2) is 5.43 Å². The van der Waals surface area contributed by atoms with E-state index in [4.69, 9.17) is 9.15 Å². The molecular formula is C24H25N3O4S. The van der Waals surface area contributed by atoms with E-state index in [1.807, 2.05) is 37.3 Å². The number of nitrogens with zero attached hydrogens (tertiary/aromatic N) is 1. The molecule has 1 heterocycles. The van der Waals surface area contributed by atoms with Crippen LogP contribution in [0.15, 0.2) is 82.5 Å². The van der Waals surface area contributed by atoms with Crippen molar-refractivity contribution in [3.8, 4) is 5.75 Å². The van der Waals surface area contributed by atoms with Crippen LogP contribution in [0.4, 0.5) is 0 Å². The third kappa shape index (κ3) is 7.96. The fourth-order valence-electron chi connectivity index (χ4n) is 2.58. The molecule has 0 aliphatic heterocycles. The van der Waals surface area contributed by atoms with Crippen LogP contribution in [0.3, 0.4) is 0 Å². The van der Waals surface area contributed by atoms with Gasteiger partial charge < -0.3 is 14.5 Å². The van der Waals surface area contributed by atoms with E-state index in [1.165, 1.54) is 5.56 Å². The lowest BCUT2D eigenvalue weighted by Crippen LogP contribution is -2.28. The monoisotopic (exact) mass is 451 g/mol. The molecule has 0 bridgehead atoms. The maximum atomic E-state index is 12.2. The van der Waals surface area contributed by atoms with E-state index in [0.717, 1.165) is 11.3 Å². The van der Waals surface area contributed by atoms with Crippen LogP contribution in [-0.2, 0) is 21.9 Å². The first kappa shape index (κ1) is 23.1. The Morgan fingerprint density at radius 2 is 1.88 bits per heavy atom. The van der Waals surface area contributed by atoms with Crippen LogP contribution in [0.1, 0.15) is 23.8 Å². The van der Waals surface area contributed by atoms with Gasteiger partial charge in [-0.15, -0.1) is 11.8 Å². The van der Waals surface area contributed by atoms with Crippen molar-refractivity contribution in [2.24, 2.45) is 5.10 Å². The standard InChI is InChI=1S/C24H25N3O4S/c1-18(32-17-20-6-3-2-4-7-20)24(29)27-26-14-19-9-11-21(12-10-19)31-16-23(28)25-15-22-8-5-13-30-22/h2-14,18H,15-17H2,1H3,(H,25,28)(H,27,29)/b26-14-/t18-/m1/s1. The Bertz CT molecular complexity index is 1010. The number of hydrogen-bond acceptors (Lipinski definition) is 6. The molecule has 0 aliphatic carbocycles. The minimum atomic E-state index is -0.242. The van der Waals surface area contributed by atoms with Crippen LogP contribution in [0.25, 0.3) is 0 Å². The number of carbonyl (C=O) groups is 2. The van der Waals surface area contributed by atoms with Crippen molar-refractivity contribution < 1.29 is 18.7 Å². The average Bonchev–Trinajstić information content (AvgIpc) is 3.35. The summed E-state index contributed by atoms with van der Waals surface area (Å²) in [5, 5.41) is 6.51. The molecule has 0 saturated carbocycles. The van der Waals surface area contributed by atoms with Crippen LogP contribution in [0, 0.1) is 0 Å². The largest absolute Gasteiger partial charge is 0.484 e. The quantitative estimate of drug-likeness (QED) is 0.342. The van der Waals surface area contributed by atoms with Gasteiger partial charge in [0.25, 0.3) is 11.8 Å². The Kier molecular flexibility index (Phi) is 8.94. The Hall–Kier alpha value is -3.52. The van der Waals surface area contributed by atoms with Gasteiger partial charge in [0.15, 0.2) is 6.61 Å². The molecule has 0 radical (unpaired) electrons. The second kappa shape index (κ2) is 12.4. The predicted octanol–water partition coefficient (Wildman–Crippen LogP) is 3.75. The van der Waals surface area contributed by atoms with E-state index in [2.05, 4.69) is 15.8 Å². The molecule has 3 rings (SSSR count). The zero-order valence-corrected chi connectivity index (χ0v) is 18.5. The van der Waals surface area contributed by atoms with Gasteiger partial charge >= 0.3 is 0 Å². The van der Waals surface area contributed by atoms with E-state index in [1.54, 1.807) is 60.6 Å². The van der Waals surface area contributed by atoms with Crippen molar-refractivity contribution in [3.63, 3.8) is 0 Å². The third-order valence-corrected chi connectivity index (χ3v) is 5.60. The lowest BCUT2D eigenvalue weighted by Gasteiger charge is -2.09. The van der Waals surface area contributed by atoms with Crippen LogP contribution >= 0.6 is 11.8 Å². The molecule has 3 aromatic rings. The van der Waals surface area contributed by atoms with Crippen LogP contribution in [0.5, 0.6) is 5.75 Å². The number of amides is 2. The second-order valence-corrected chi connectivity index (χ2v) is 8.22. The summed E-state index contributed by atoms with van der Waals surface area (Å²) in [4.78, 5) is 24.0. The molecular weight excluding hydrogens is 426 g/mol. The molecule has 1 atom stereocenters. The third-order valence-electron chi connectivity index (χ3n) is 4.39. The van der Waals surface area contributed by atoms with Crippen molar-refractivity contribution in [2.75, 3.05) is 6.61 Å². The Labute approximate surface area is 191 Å². The molecule has 166 valence electrons. The first-order valence-electron chi connectivity index (χ1n) is 10.1. The zero-order chi connectivity index (χ0) is 22.6. The highest BCUT2D eigenvalue weighted by Gasteiger charge is 2.12. The van der Waals surface area contributed by atoms with Gasteiger partial charge in [-0.3, -0.25) is 9.59 Å². The number of benzene rings is 2. The molecule has 2 N–H and O–H groups in total. The van der Waals surface area contributed by atoms with Gasteiger partial charge in [-0.2, -0.15) is 5.10 Å². The van der Waals surface area contributed by atoms with E-state index < -0.39 is 0 Å². The van der Waals surface area contributed by atoms with E-state index in [0.29, 0.717) is 18.1 Å². The summed E-state index contributed by atoms with van der Waals surface area (Å²) in [7, 11) is 0. The van der Waals surface area contributed by atoms with E-state index in [-0.39, 0.29) is 23.7 Å². The highest BCUT2D eigenvalue weighted by molar-refractivity contribution is 7.99. The second-order valence-electron chi connectivity index (χ2n) is 6.89. The van der Waals surface area contributed by atoms with Gasteiger partial charge in [-0.1, -0.05) is 30.3 Å². The maximum Gasteiger partial charge on any atom is 0.258 e. The van der Waals surface area contributed by atoms with Crippen molar-refractivity contribution in [1.29, 1.82) is 0 Å². The molecule has 0 fully saturated rings. The molecule has 2 aromatic carbocycles.